The number of rotatable bonds is 4. The molecular weight excluding hydrogens is 216 g/mol. The van der Waals surface area contributed by atoms with Crippen LogP contribution in [-0.4, -0.2) is 4.98 Å². The van der Waals surface area contributed by atoms with Crippen LogP contribution in [0.15, 0.2) is 36.7 Å². The van der Waals surface area contributed by atoms with Crippen molar-refractivity contribution >= 4 is 11.3 Å². The van der Waals surface area contributed by atoms with E-state index >= 15 is 0 Å². The molecule has 1 N–H and O–H groups in total. The maximum absolute atomic E-state index is 4.13. The third-order valence-corrected chi connectivity index (χ3v) is 3.56. The van der Waals surface area contributed by atoms with Crippen molar-refractivity contribution in [1.82, 2.24) is 10.3 Å². The van der Waals surface area contributed by atoms with Gasteiger partial charge in [0.25, 0.3) is 0 Å². The van der Waals surface area contributed by atoms with Gasteiger partial charge in [-0.3, -0.25) is 4.98 Å². The Hall–Kier alpha value is -1.19. The Labute approximate surface area is 100 Å². The zero-order valence-corrected chi connectivity index (χ0v) is 10.4. The van der Waals surface area contributed by atoms with Gasteiger partial charge in [0, 0.05) is 34.7 Å². The molecule has 16 heavy (non-hydrogen) atoms. The molecule has 1 atom stereocenters. The summed E-state index contributed by atoms with van der Waals surface area (Å²) < 4.78 is 0. The van der Waals surface area contributed by atoms with E-state index in [-0.39, 0.29) is 0 Å². The highest BCUT2D eigenvalue weighted by Crippen LogP contribution is 2.16. The van der Waals surface area contributed by atoms with Crippen LogP contribution < -0.4 is 5.32 Å². The number of aromatic nitrogens is 1. The van der Waals surface area contributed by atoms with Gasteiger partial charge in [-0.25, -0.2) is 0 Å². The van der Waals surface area contributed by atoms with E-state index in [1.807, 2.05) is 23.6 Å². The summed E-state index contributed by atoms with van der Waals surface area (Å²) in [5.74, 6) is 0. The molecule has 0 aliphatic rings. The highest BCUT2D eigenvalue weighted by Gasteiger charge is 2.04. The minimum absolute atomic E-state index is 0.344. The summed E-state index contributed by atoms with van der Waals surface area (Å²) in [4.78, 5) is 6.88. The molecule has 0 saturated carbocycles. The second kappa shape index (κ2) is 5.23. The van der Waals surface area contributed by atoms with Crippen LogP contribution in [0.5, 0.6) is 0 Å². The van der Waals surface area contributed by atoms with Gasteiger partial charge < -0.3 is 5.32 Å². The predicted molar refractivity (Wildman–Crippen MR) is 68.5 cm³/mol. The van der Waals surface area contributed by atoms with Crippen LogP contribution in [0.3, 0.4) is 0 Å². The molecule has 2 aromatic heterocycles. The van der Waals surface area contributed by atoms with Gasteiger partial charge in [0.05, 0.1) is 0 Å². The summed E-state index contributed by atoms with van der Waals surface area (Å²) in [6, 6.07) is 8.77. The van der Waals surface area contributed by atoms with E-state index < -0.39 is 0 Å². The van der Waals surface area contributed by atoms with E-state index in [1.54, 1.807) is 6.20 Å². The fraction of sp³-hybridized carbons (Fsp3) is 0.308. The molecule has 2 aromatic rings. The Morgan fingerprint density at radius 1 is 1.38 bits per heavy atom. The minimum atomic E-state index is 0.344. The first-order valence-electron chi connectivity index (χ1n) is 5.44. The van der Waals surface area contributed by atoms with Gasteiger partial charge in [-0.1, -0.05) is 6.07 Å². The van der Waals surface area contributed by atoms with E-state index in [4.69, 9.17) is 0 Å². The Morgan fingerprint density at radius 3 is 2.88 bits per heavy atom. The maximum atomic E-state index is 4.13. The third-order valence-electron chi connectivity index (χ3n) is 2.56. The number of thiophene rings is 1. The van der Waals surface area contributed by atoms with Crippen molar-refractivity contribution in [3.05, 3.63) is 52.0 Å². The lowest BCUT2D eigenvalue weighted by atomic mass is 10.1. The first kappa shape index (κ1) is 11.3. The maximum Gasteiger partial charge on any atom is 0.0315 e. The van der Waals surface area contributed by atoms with Crippen molar-refractivity contribution in [2.24, 2.45) is 0 Å². The van der Waals surface area contributed by atoms with Crippen LogP contribution in [0, 0.1) is 6.92 Å². The minimum Gasteiger partial charge on any atom is -0.305 e. The lowest BCUT2D eigenvalue weighted by Crippen LogP contribution is -2.17. The molecule has 0 aliphatic heterocycles. The average molecular weight is 232 g/mol. The molecule has 2 heterocycles. The molecule has 2 rings (SSSR count). The first-order chi connectivity index (χ1) is 7.75. The van der Waals surface area contributed by atoms with E-state index in [1.165, 1.54) is 15.3 Å². The van der Waals surface area contributed by atoms with Crippen LogP contribution in [0.1, 0.15) is 28.3 Å². The van der Waals surface area contributed by atoms with Gasteiger partial charge in [-0.05, 0) is 37.6 Å². The van der Waals surface area contributed by atoms with Crippen molar-refractivity contribution < 1.29 is 0 Å². The fourth-order valence-corrected chi connectivity index (χ4v) is 2.43. The van der Waals surface area contributed by atoms with Gasteiger partial charge in [-0.15, -0.1) is 11.3 Å². The number of pyridine rings is 1. The predicted octanol–water partition coefficient (Wildman–Crippen LogP) is 3.30. The summed E-state index contributed by atoms with van der Waals surface area (Å²) >= 11 is 1.85. The summed E-state index contributed by atoms with van der Waals surface area (Å²) in [5, 5.41) is 3.50. The van der Waals surface area contributed by atoms with E-state index in [9.17, 15) is 0 Å². The van der Waals surface area contributed by atoms with Crippen LogP contribution >= 0.6 is 11.3 Å². The van der Waals surface area contributed by atoms with Crippen molar-refractivity contribution in [3.63, 3.8) is 0 Å². The highest BCUT2D eigenvalue weighted by molar-refractivity contribution is 7.11. The Morgan fingerprint density at radius 2 is 2.25 bits per heavy atom. The zero-order valence-electron chi connectivity index (χ0n) is 9.60. The average Bonchev–Trinajstić information content (AvgIpc) is 2.73. The quantitative estimate of drug-likeness (QED) is 0.875. The Balaban J connectivity index is 1.91. The smallest absolute Gasteiger partial charge is 0.0315 e. The first-order valence-corrected chi connectivity index (χ1v) is 6.26. The summed E-state index contributed by atoms with van der Waals surface area (Å²) in [5.41, 5.74) is 1.23. The number of hydrogen-bond acceptors (Lipinski definition) is 3. The molecule has 0 radical (unpaired) electrons. The van der Waals surface area contributed by atoms with Crippen molar-refractivity contribution in [1.29, 1.82) is 0 Å². The third kappa shape index (κ3) is 2.90. The standard InChI is InChI=1S/C13H16N2S/c1-10-5-6-13(16-10)9-15-11(2)12-4-3-7-14-8-12/h3-8,11,15H,9H2,1-2H3. The number of aryl methyl sites for hydroxylation is 1. The molecule has 1 unspecified atom stereocenters. The van der Waals surface area contributed by atoms with Crippen LogP contribution in [0.2, 0.25) is 0 Å². The van der Waals surface area contributed by atoms with Gasteiger partial charge in [0.1, 0.15) is 0 Å². The topological polar surface area (TPSA) is 24.9 Å². The Kier molecular flexibility index (Phi) is 3.70. The Bertz CT molecular complexity index is 436. The molecule has 0 amide bonds. The van der Waals surface area contributed by atoms with Gasteiger partial charge >= 0.3 is 0 Å². The molecule has 0 aliphatic carbocycles. The monoisotopic (exact) mass is 232 g/mol. The summed E-state index contributed by atoms with van der Waals surface area (Å²) in [6.45, 7) is 5.23. The largest absolute Gasteiger partial charge is 0.305 e. The lowest BCUT2D eigenvalue weighted by Gasteiger charge is -2.12. The number of nitrogens with zero attached hydrogens (tertiary/aromatic N) is 1. The van der Waals surface area contributed by atoms with Crippen molar-refractivity contribution in [2.75, 3.05) is 0 Å². The molecular formula is C13H16N2S. The van der Waals surface area contributed by atoms with Gasteiger partial charge in [0.2, 0.25) is 0 Å². The summed E-state index contributed by atoms with van der Waals surface area (Å²) in [7, 11) is 0. The molecule has 0 fully saturated rings. The highest BCUT2D eigenvalue weighted by atomic mass is 32.1. The van der Waals surface area contributed by atoms with Gasteiger partial charge in [-0.2, -0.15) is 0 Å². The molecule has 3 heteroatoms. The van der Waals surface area contributed by atoms with Crippen LogP contribution in [-0.2, 0) is 6.54 Å². The van der Waals surface area contributed by atoms with Gasteiger partial charge in [0.15, 0.2) is 0 Å². The molecule has 0 saturated heterocycles. The van der Waals surface area contributed by atoms with Crippen LogP contribution in [0.25, 0.3) is 0 Å². The molecule has 0 aromatic carbocycles. The lowest BCUT2D eigenvalue weighted by molar-refractivity contribution is 0.577. The molecule has 84 valence electrons. The van der Waals surface area contributed by atoms with Crippen LogP contribution in [0.4, 0.5) is 0 Å². The van der Waals surface area contributed by atoms with E-state index in [2.05, 4.69) is 42.3 Å². The molecule has 0 bridgehead atoms. The number of nitrogens with one attached hydrogen (secondary N) is 1. The summed E-state index contributed by atoms with van der Waals surface area (Å²) in [6.07, 6.45) is 3.72. The second-order valence-electron chi connectivity index (χ2n) is 3.90. The van der Waals surface area contributed by atoms with E-state index in [0.717, 1.165) is 6.54 Å². The van der Waals surface area contributed by atoms with Crippen molar-refractivity contribution in [3.8, 4) is 0 Å². The zero-order chi connectivity index (χ0) is 11.4. The second-order valence-corrected chi connectivity index (χ2v) is 5.27. The fourth-order valence-electron chi connectivity index (χ4n) is 1.58. The molecule has 0 spiro atoms. The van der Waals surface area contributed by atoms with Crippen molar-refractivity contribution in [2.45, 2.75) is 26.4 Å². The molecule has 2 nitrogen and oxygen atoms in total. The number of hydrogen-bond donors (Lipinski definition) is 1. The normalized spacial score (nSPS) is 12.6. The SMILES string of the molecule is Cc1ccc(CNC(C)c2cccnc2)s1. The van der Waals surface area contributed by atoms with E-state index in [0.29, 0.717) is 6.04 Å².